The maximum absolute atomic E-state index is 9.45. The highest BCUT2D eigenvalue weighted by molar-refractivity contribution is 5.71. The van der Waals surface area contributed by atoms with Gasteiger partial charge in [0.25, 0.3) is 0 Å². The second-order valence-electron chi connectivity index (χ2n) is 5.94. The van der Waals surface area contributed by atoms with Crippen molar-refractivity contribution in [1.29, 1.82) is 0 Å². The van der Waals surface area contributed by atoms with Gasteiger partial charge >= 0.3 is 0 Å². The minimum absolute atomic E-state index is 0.279. The van der Waals surface area contributed by atoms with Gasteiger partial charge in [-0.3, -0.25) is 0 Å². The van der Waals surface area contributed by atoms with Crippen LogP contribution in [0.25, 0.3) is 11.1 Å². The van der Waals surface area contributed by atoms with Gasteiger partial charge in [-0.15, -0.1) is 0 Å². The van der Waals surface area contributed by atoms with E-state index in [1.807, 2.05) is 18.2 Å². The number of benzene rings is 2. The Morgan fingerprint density at radius 3 is 2.50 bits per heavy atom. The van der Waals surface area contributed by atoms with Gasteiger partial charge < -0.3 is 15.2 Å². The minimum atomic E-state index is 0.279. The molecule has 3 rings (SSSR count). The third kappa shape index (κ3) is 3.42. The van der Waals surface area contributed by atoms with E-state index in [0.29, 0.717) is 6.04 Å². The number of aromatic hydroxyl groups is 1. The van der Waals surface area contributed by atoms with Gasteiger partial charge in [-0.2, -0.15) is 0 Å². The van der Waals surface area contributed by atoms with Crippen molar-refractivity contribution in [1.82, 2.24) is 5.32 Å². The van der Waals surface area contributed by atoms with E-state index in [1.165, 1.54) is 31.2 Å². The molecule has 1 saturated carbocycles. The Morgan fingerprint density at radius 1 is 1.09 bits per heavy atom. The summed E-state index contributed by atoms with van der Waals surface area (Å²) in [6.45, 7) is 0.889. The predicted octanol–water partition coefficient (Wildman–Crippen LogP) is 4.10. The molecule has 0 heterocycles. The maximum Gasteiger partial charge on any atom is 0.126 e. The molecule has 3 nitrogen and oxygen atoms in total. The fourth-order valence-electron chi connectivity index (χ4n) is 3.12. The number of hydrogen-bond acceptors (Lipinski definition) is 3. The van der Waals surface area contributed by atoms with Crippen LogP contribution in [0, 0.1) is 0 Å². The summed E-state index contributed by atoms with van der Waals surface area (Å²) in [6, 6.07) is 14.2. The molecule has 0 spiro atoms. The highest BCUT2D eigenvalue weighted by Gasteiger charge is 2.14. The van der Waals surface area contributed by atoms with Crippen LogP contribution in [0.3, 0.4) is 0 Å². The SMILES string of the molecule is COc1ccc(CNC2CCCC2)cc1-c1ccc(O)cc1. The molecule has 22 heavy (non-hydrogen) atoms. The average molecular weight is 297 g/mol. The predicted molar refractivity (Wildman–Crippen MR) is 89.2 cm³/mol. The highest BCUT2D eigenvalue weighted by atomic mass is 16.5. The summed E-state index contributed by atoms with van der Waals surface area (Å²) in [5.74, 6) is 1.14. The van der Waals surface area contributed by atoms with Crippen LogP contribution in [0.2, 0.25) is 0 Å². The third-order valence-electron chi connectivity index (χ3n) is 4.39. The molecule has 0 atom stereocenters. The summed E-state index contributed by atoms with van der Waals surface area (Å²) in [6.07, 6.45) is 5.28. The quantitative estimate of drug-likeness (QED) is 0.873. The normalized spacial score (nSPS) is 15.1. The Bertz CT molecular complexity index is 616. The summed E-state index contributed by atoms with van der Waals surface area (Å²) < 4.78 is 5.48. The number of rotatable bonds is 5. The second-order valence-corrected chi connectivity index (χ2v) is 5.94. The average Bonchev–Trinajstić information content (AvgIpc) is 3.07. The summed E-state index contributed by atoms with van der Waals surface area (Å²) in [7, 11) is 1.69. The van der Waals surface area contributed by atoms with Crippen molar-refractivity contribution in [2.75, 3.05) is 7.11 Å². The number of hydrogen-bond donors (Lipinski definition) is 2. The summed E-state index contributed by atoms with van der Waals surface area (Å²) >= 11 is 0. The van der Waals surface area contributed by atoms with Gasteiger partial charge in [0.2, 0.25) is 0 Å². The molecule has 2 N–H and O–H groups in total. The van der Waals surface area contributed by atoms with E-state index >= 15 is 0 Å². The highest BCUT2D eigenvalue weighted by Crippen LogP contribution is 2.32. The largest absolute Gasteiger partial charge is 0.508 e. The van der Waals surface area contributed by atoms with Gasteiger partial charge in [-0.05, 0) is 48.2 Å². The molecule has 0 bridgehead atoms. The lowest BCUT2D eigenvalue weighted by Crippen LogP contribution is -2.25. The molecule has 1 aliphatic carbocycles. The number of ether oxygens (including phenoxy) is 1. The van der Waals surface area contributed by atoms with Crippen LogP contribution in [0.1, 0.15) is 31.2 Å². The lowest BCUT2D eigenvalue weighted by Gasteiger charge is -2.14. The molecule has 0 unspecified atom stereocenters. The summed E-state index contributed by atoms with van der Waals surface area (Å²) in [5, 5.41) is 13.1. The minimum Gasteiger partial charge on any atom is -0.508 e. The molecule has 0 aromatic heterocycles. The molecule has 116 valence electrons. The smallest absolute Gasteiger partial charge is 0.126 e. The van der Waals surface area contributed by atoms with Crippen LogP contribution >= 0.6 is 0 Å². The van der Waals surface area contributed by atoms with E-state index in [-0.39, 0.29) is 5.75 Å². The standard InChI is InChI=1S/C19H23NO2/c1-22-19-11-6-14(13-20-16-4-2-3-5-16)12-18(19)15-7-9-17(21)10-8-15/h6-12,16,20-21H,2-5,13H2,1H3. The summed E-state index contributed by atoms with van der Waals surface area (Å²) in [4.78, 5) is 0. The number of phenolic OH excluding ortho intramolecular Hbond substituents is 1. The zero-order valence-electron chi connectivity index (χ0n) is 13.0. The molecular formula is C19H23NO2. The third-order valence-corrected chi connectivity index (χ3v) is 4.39. The molecule has 2 aromatic rings. The van der Waals surface area contributed by atoms with Crippen LogP contribution in [-0.2, 0) is 6.54 Å². The van der Waals surface area contributed by atoms with E-state index in [2.05, 4.69) is 17.4 Å². The van der Waals surface area contributed by atoms with Crippen molar-refractivity contribution in [3.63, 3.8) is 0 Å². The van der Waals surface area contributed by atoms with Crippen molar-refractivity contribution < 1.29 is 9.84 Å². The van der Waals surface area contributed by atoms with Gasteiger partial charge in [-0.1, -0.05) is 31.0 Å². The number of nitrogens with one attached hydrogen (secondary N) is 1. The first kappa shape index (κ1) is 14.9. The van der Waals surface area contributed by atoms with E-state index in [0.717, 1.165) is 23.4 Å². The van der Waals surface area contributed by atoms with E-state index in [1.54, 1.807) is 19.2 Å². The molecule has 0 amide bonds. The van der Waals surface area contributed by atoms with Gasteiger partial charge in [0, 0.05) is 18.2 Å². The molecule has 2 aromatic carbocycles. The van der Waals surface area contributed by atoms with E-state index in [9.17, 15) is 5.11 Å². The molecule has 0 saturated heterocycles. The zero-order chi connectivity index (χ0) is 15.4. The van der Waals surface area contributed by atoms with Crippen molar-refractivity contribution in [2.24, 2.45) is 0 Å². The lowest BCUT2D eigenvalue weighted by atomic mass is 10.0. The van der Waals surface area contributed by atoms with Gasteiger partial charge in [0.1, 0.15) is 11.5 Å². The number of methoxy groups -OCH3 is 1. The van der Waals surface area contributed by atoms with Crippen molar-refractivity contribution in [2.45, 2.75) is 38.3 Å². The fraction of sp³-hybridized carbons (Fsp3) is 0.368. The summed E-state index contributed by atoms with van der Waals surface area (Å²) in [5.41, 5.74) is 3.38. The Morgan fingerprint density at radius 2 is 1.82 bits per heavy atom. The Kier molecular flexibility index (Phi) is 4.64. The molecule has 1 fully saturated rings. The Hall–Kier alpha value is -2.00. The van der Waals surface area contributed by atoms with Crippen LogP contribution < -0.4 is 10.1 Å². The van der Waals surface area contributed by atoms with Crippen molar-refractivity contribution in [3.05, 3.63) is 48.0 Å². The van der Waals surface area contributed by atoms with Crippen LogP contribution in [0.4, 0.5) is 0 Å². The van der Waals surface area contributed by atoms with Crippen LogP contribution in [-0.4, -0.2) is 18.3 Å². The molecule has 0 radical (unpaired) electrons. The van der Waals surface area contributed by atoms with Crippen molar-refractivity contribution in [3.8, 4) is 22.6 Å². The molecule has 1 aliphatic rings. The van der Waals surface area contributed by atoms with Gasteiger partial charge in [0.15, 0.2) is 0 Å². The Balaban J connectivity index is 1.80. The topological polar surface area (TPSA) is 41.5 Å². The first-order valence-corrected chi connectivity index (χ1v) is 7.96. The maximum atomic E-state index is 9.45. The monoisotopic (exact) mass is 297 g/mol. The molecular weight excluding hydrogens is 274 g/mol. The number of phenols is 1. The van der Waals surface area contributed by atoms with Crippen molar-refractivity contribution >= 4 is 0 Å². The Labute approximate surface area is 131 Å². The van der Waals surface area contributed by atoms with Crippen LogP contribution in [0.5, 0.6) is 11.5 Å². The van der Waals surface area contributed by atoms with E-state index in [4.69, 9.17) is 4.74 Å². The first-order valence-electron chi connectivity index (χ1n) is 7.96. The second kappa shape index (κ2) is 6.84. The van der Waals surface area contributed by atoms with Gasteiger partial charge in [-0.25, -0.2) is 0 Å². The zero-order valence-corrected chi connectivity index (χ0v) is 13.0. The first-order chi connectivity index (χ1) is 10.8. The van der Waals surface area contributed by atoms with Gasteiger partial charge in [0.05, 0.1) is 7.11 Å². The molecule has 0 aliphatic heterocycles. The fourth-order valence-corrected chi connectivity index (χ4v) is 3.12. The van der Waals surface area contributed by atoms with E-state index < -0.39 is 0 Å². The molecule has 3 heteroatoms. The van der Waals surface area contributed by atoms with Crippen LogP contribution in [0.15, 0.2) is 42.5 Å². The lowest BCUT2D eigenvalue weighted by molar-refractivity contribution is 0.416.